The van der Waals surface area contributed by atoms with Gasteiger partial charge in [-0.05, 0) is 17.5 Å². The van der Waals surface area contributed by atoms with Crippen LogP contribution >= 0.6 is 11.8 Å². The Morgan fingerprint density at radius 2 is 2.04 bits per heavy atom. The molecule has 23 heavy (non-hydrogen) atoms. The molecule has 1 atom stereocenters. The molecule has 0 spiro atoms. The summed E-state index contributed by atoms with van der Waals surface area (Å²) in [6, 6.07) is 9.74. The Kier molecular flexibility index (Phi) is 3.69. The van der Waals surface area contributed by atoms with Crippen LogP contribution in [0.2, 0.25) is 0 Å². The third kappa shape index (κ3) is 2.67. The number of fused-ring (bicyclic) bond motifs is 2. The van der Waals surface area contributed by atoms with Gasteiger partial charge in [-0.1, -0.05) is 36.0 Å². The van der Waals surface area contributed by atoms with Crippen LogP contribution in [0, 0.1) is 5.92 Å². The maximum absolute atomic E-state index is 12.9. The van der Waals surface area contributed by atoms with Crippen LogP contribution in [0.25, 0.3) is 0 Å². The lowest BCUT2D eigenvalue weighted by molar-refractivity contribution is -0.136. The zero-order chi connectivity index (χ0) is 15.8. The van der Waals surface area contributed by atoms with E-state index in [-0.39, 0.29) is 17.4 Å². The van der Waals surface area contributed by atoms with E-state index in [1.165, 1.54) is 35.2 Å². The van der Waals surface area contributed by atoms with Crippen molar-refractivity contribution in [3.8, 4) is 0 Å². The van der Waals surface area contributed by atoms with Crippen molar-refractivity contribution in [3.63, 3.8) is 0 Å². The molecule has 0 N–H and O–H groups in total. The third-order valence-corrected chi connectivity index (χ3v) is 5.66. The van der Waals surface area contributed by atoms with E-state index < -0.39 is 0 Å². The van der Waals surface area contributed by atoms with E-state index >= 15 is 0 Å². The quantitative estimate of drug-likeness (QED) is 0.746. The lowest BCUT2D eigenvalue weighted by Gasteiger charge is -2.33. The molecule has 3 heterocycles. The highest BCUT2D eigenvalue weighted by Gasteiger charge is 2.31. The summed E-state index contributed by atoms with van der Waals surface area (Å²) in [5.74, 6) is 0.682. The molecule has 4 rings (SSSR count). The van der Waals surface area contributed by atoms with E-state index in [1.807, 2.05) is 17.0 Å². The van der Waals surface area contributed by atoms with E-state index in [0.717, 1.165) is 13.0 Å². The van der Waals surface area contributed by atoms with Gasteiger partial charge in [0.2, 0.25) is 5.91 Å². The van der Waals surface area contributed by atoms with Crippen molar-refractivity contribution in [1.82, 2.24) is 14.5 Å². The molecule has 0 aliphatic carbocycles. The molecule has 0 fully saturated rings. The fourth-order valence-electron chi connectivity index (χ4n) is 3.24. The van der Waals surface area contributed by atoms with Crippen LogP contribution in [-0.4, -0.2) is 32.7 Å². The van der Waals surface area contributed by atoms with Gasteiger partial charge >= 0.3 is 0 Å². The van der Waals surface area contributed by atoms with Gasteiger partial charge in [0.15, 0.2) is 5.16 Å². The van der Waals surface area contributed by atoms with Crippen LogP contribution in [0.4, 0.5) is 0 Å². The third-order valence-electron chi connectivity index (χ3n) is 4.51. The van der Waals surface area contributed by atoms with Gasteiger partial charge in [0.1, 0.15) is 0 Å². The number of hydrogen-bond acceptors (Lipinski definition) is 4. The lowest BCUT2D eigenvalue weighted by atomic mass is 9.98. The number of thioether (sulfide) groups is 1. The minimum atomic E-state index is -0.153. The number of benzene rings is 1. The summed E-state index contributed by atoms with van der Waals surface area (Å²) in [7, 11) is 0. The SMILES string of the molecule is O=C(C1CSc2nccc(=O)n2C1)N1CCc2ccccc2C1. The maximum atomic E-state index is 12.9. The number of nitrogens with zero attached hydrogens (tertiary/aromatic N) is 3. The predicted octanol–water partition coefficient (Wildman–Crippen LogP) is 1.55. The average Bonchev–Trinajstić information content (AvgIpc) is 2.61. The summed E-state index contributed by atoms with van der Waals surface area (Å²) in [6.07, 6.45) is 2.44. The second-order valence-electron chi connectivity index (χ2n) is 5.96. The van der Waals surface area contributed by atoms with Crippen molar-refractivity contribution in [3.05, 3.63) is 58.0 Å². The maximum Gasteiger partial charge on any atom is 0.254 e. The summed E-state index contributed by atoms with van der Waals surface area (Å²) >= 11 is 1.49. The second kappa shape index (κ2) is 5.85. The Morgan fingerprint density at radius 1 is 1.22 bits per heavy atom. The highest BCUT2D eigenvalue weighted by Crippen LogP contribution is 2.27. The van der Waals surface area contributed by atoms with E-state index in [1.54, 1.807) is 4.57 Å². The normalized spacial score (nSPS) is 19.8. The summed E-state index contributed by atoms with van der Waals surface area (Å²) in [5, 5.41) is 0.713. The first-order chi connectivity index (χ1) is 11.2. The van der Waals surface area contributed by atoms with Crippen LogP contribution < -0.4 is 5.56 Å². The lowest BCUT2D eigenvalue weighted by Crippen LogP contribution is -2.44. The molecule has 2 aliphatic rings. The molecule has 0 saturated carbocycles. The average molecular weight is 327 g/mol. The van der Waals surface area contributed by atoms with Gasteiger partial charge in [0.25, 0.3) is 5.56 Å². The molecule has 1 unspecified atom stereocenters. The van der Waals surface area contributed by atoms with Gasteiger partial charge in [-0.15, -0.1) is 0 Å². The number of hydrogen-bond donors (Lipinski definition) is 0. The first-order valence-electron chi connectivity index (χ1n) is 7.76. The van der Waals surface area contributed by atoms with Gasteiger partial charge in [0.05, 0.1) is 5.92 Å². The molecule has 0 bridgehead atoms. The van der Waals surface area contributed by atoms with Gasteiger partial charge in [0, 0.05) is 37.7 Å². The minimum Gasteiger partial charge on any atom is -0.338 e. The van der Waals surface area contributed by atoms with E-state index in [4.69, 9.17) is 0 Å². The van der Waals surface area contributed by atoms with Crippen molar-refractivity contribution in [2.45, 2.75) is 24.7 Å². The van der Waals surface area contributed by atoms with Crippen molar-refractivity contribution in [2.75, 3.05) is 12.3 Å². The monoisotopic (exact) mass is 327 g/mol. The van der Waals surface area contributed by atoms with Gasteiger partial charge in [-0.2, -0.15) is 0 Å². The molecule has 1 aromatic carbocycles. The van der Waals surface area contributed by atoms with Crippen LogP contribution in [0.15, 0.2) is 46.5 Å². The zero-order valence-electron chi connectivity index (χ0n) is 12.6. The van der Waals surface area contributed by atoms with Crippen molar-refractivity contribution in [2.24, 2.45) is 5.92 Å². The van der Waals surface area contributed by atoms with E-state index in [0.29, 0.717) is 24.0 Å². The fourth-order valence-corrected chi connectivity index (χ4v) is 4.30. The first-order valence-corrected chi connectivity index (χ1v) is 8.75. The molecule has 1 amide bonds. The predicted molar refractivity (Wildman–Crippen MR) is 88.3 cm³/mol. The Hall–Kier alpha value is -2.08. The summed E-state index contributed by atoms with van der Waals surface area (Å²) in [6.45, 7) is 1.86. The largest absolute Gasteiger partial charge is 0.338 e. The van der Waals surface area contributed by atoms with Crippen molar-refractivity contribution in [1.29, 1.82) is 0 Å². The molecular weight excluding hydrogens is 310 g/mol. The van der Waals surface area contributed by atoms with Crippen LogP contribution in [0.1, 0.15) is 11.1 Å². The van der Waals surface area contributed by atoms with Crippen molar-refractivity contribution >= 4 is 17.7 Å². The number of amides is 1. The van der Waals surface area contributed by atoms with Gasteiger partial charge < -0.3 is 4.90 Å². The van der Waals surface area contributed by atoms with Crippen LogP contribution in [0.3, 0.4) is 0 Å². The molecule has 118 valence electrons. The summed E-state index contributed by atoms with van der Waals surface area (Å²) in [5.41, 5.74) is 2.49. The number of aromatic nitrogens is 2. The van der Waals surface area contributed by atoms with Gasteiger partial charge in [-0.25, -0.2) is 4.98 Å². The Bertz CT molecular complexity index is 817. The van der Waals surface area contributed by atoms with Crippen LogP contribution in [-0.2, 0) is 24.3 Å². The summed E-state index contributed by atoms with van der Waals surface area (Å²) in [4.78, 5) is 31.0. The molecule has 1 aromatic heterocycles. The number of carbonyl (C=O) groups excluding carboxylic acids is 1. The molecule has 0 radical (unpaired) electrons. The van der Waals surface area contributed by atoms with E-state index in [9.17, 15) is 9.59 Å². The second-order valence-corrected chi connectivity index (χ2v) is 6.95. The molecule has 6 heteroatoms. The number of carbonyl (C=O) groups is 1. The molecule has 2 aromatic rings. The first kappa shape index (κ1) is 14.5. The molecule has 0 saturated heterocycles. The smallest absolute Gasteiger partial charge is 0.254 e. The molecule has 2 aliphatic heterocycles. The topological polar surface area (TPSA) is 55.2 Å². The number of rotatable bonds is 1. The summed E-state index contributed by atoms with van der Waals surface area (Å²) < 4.78 is 1.62. The standard InChI is InChI=1S/C17H17N3O2S/c21-15-5-7-18-17-20(15)10-14(11-23-17)16(22)19-8-6-12-3-1-2-4-13(12)9-19/h1-5,7,14H,6,8-11H2. The zero-order valence-corrected chi connectivity index (χ0v) is 13.5. The Morgan fingerprint density at radius 3 is 2.91 bits per heavy atom. The van der Waals surface area contributed by atoms with Crippen molar-refractivity contribution < 1.29 is 4.79 Å². The molecule has 5 nitrogen and oxygen atoms in total. The fraction of sp³-hybridized carbons (Fsp3) is 0.353. The Balaban J connectivity index is 1.53. The highest BCUT2D eigenvalue weighted by molar-refractivity contribution is 7.99. The molecular formula is C17H17N3O2S. The Labute approximate surface area is 138 Å². The minimum absolute atomic E-state index is 0.0796. The highest BCUT2D eigenvalue weighted by atomic mass is 32.2. The van der Waals surface area contributed by atoms with E-state index in [2.05, 4.69) is 17.1 Å². The van der Waals surface area contributed by atoms with Crippen LogP contribution in [0.5, 0.6) is 0 Å². The van der Waals surface area contributed by atoms with Gasteiger partial charge in [-0.3, -0.25) is 14.2 Å².